The average Bonchev–Trinajstić information content (AvgIpc) is 2.54. The molecule has 0 spiro atoms. The SMILES string of the molecule is CC(C)(C)OC(=O)Nc1ccc(NCCc2ccc(S(N)(=O)=O)cc2)cn1. The van der Waals surface area contributed by atoms with E-state index in [1.54, 1.807) is 51.2 Å². The van der Waals surface area contributed by atoms with E-state index in [0.717, 1.165) is 11.3 Å². The number of anilines is 2. The van der Waals surface area contributed by atoms with Crippen molar-refractivity contribution in [3.63, 3.8) is 0 Å². The van der Waals surface area contributed by atoms with Crippen LogP contribution in [0.5, 0.6) is 0 Å². The number of carbonyl (C=O) groups excluding carboxylic acids is 1. The maximum absolute atomic E-state index is 11.7. The Bertz CT molecular complexity index is 873. The van der Waals surface area contributed by atoms with Crippen molar-refractivity contribution >= 4 is 27.6 Å². The Hall–Kier alpha value is -2.65. The van der Waals surface area contributed by atoms with Crippen LogP contribution in [0, 0.1) is 0 Å². The van der Waals surface area contributed by atoms with Crippen molar-refractivity contribution in [1.82, 2.24) is 4.98 Å². The third-order valence-corrected chi connectivity index (χ3v) is 4.32. The molecule has 9 heteroatoms. The number of hydrogen-bond donors (Lipinski definition) is 3. The van der Waals surface area contributed by atoms with Crippen LogP contribution in [-0.2, 0) is 21.2 Å². The summed E-state index contributed by atoms with van der Waals surface area (Å²) in [5.74, 6) is 0.397. The van der Waals surface area contributed by atoms with Crippen molar-refractivity contribution in [2.75, 3.05) is 17.2 Å². The Morgan fingerprint density at radius 3 is 2.33 bits per heavy atom. The van der Waals surface area contributed by atoms with Crippen molar-refractivity contribution in [1.29, 1.82) is 0 Å². The number of benzene rings is 1. The molecule has 1 amide bonds. The number of nitrogens with one attached hydrogen (secondary N) is 2. The second-order valence-electron chi connectivity index (χ2n) is 6.92. The highest BCUT2D eigenvalue weighted by atomic mass is 32.2. The smallest absolute Gasteiger partial charge is 0.413 e. The van der Waals surface area contributed by atoms with Crippen LogP contribution in [0.4, 0.5) is 16.3 Å². The molecule has 0 aliphatic heterocycles. The van der Waals surface area contributed by atoms with Crippen LogP contribution in [0.15, 0.2) is 47.5 Å². The first-order valence-corrected chi connectivity index (χ1v) is 9.89. The van der Waals surface area contributed by atoms with E-state index in [0.29, 0.717) is 18.8 Å². The van der Waals surface area contributed by atoms with Crippen molar-refractivity contribution in [2.24, 2.45) is 5.14 Å². The van der Waals surface area contributed by atoms with Crippen molar-refractivity contribution < 1.29 is 17.9 Å². The second kappa shape index (κ2) is 8.36. The summed E-state index contributed by atoms with van der Waals surface area (Å²) in [5.41, 5.74) is 1.20. The van der Waals surface area contributed by atoms with Crippen LogP contribution < -0.4 is 15.8 Å². The van der Waals surface area contributed by atoms with E-state index in [-0.39, 0.29) is 4.90 Å². The van der Waals surface area contributed by atoms with Crippen molar-refractivity contribution in [3.05, 3.63) is 48.2 Å². The zero-order valence-corrected chi connectivity index (χ0v) is 16.3. The lowest BCUT2D eigenvalue weighted by Gasteiger charge is -2.19. The maximum atomic E-state index is 11.7. The summed E-state index contributed by atoms with van der Waals surface area (Å²) < 4.78 is 27.6. The normalized spacial score (nSPS) is 11.7. The largest absolute Gasteiger partial charge is 0.444 e. The molecule has 0 unspecified atom stereocenters. The van der Waals surface area contributed by atoms with Gasteiger partial charge in [-0.1, -0.05) is 12.1 Å². The Labute approximate surface area is 159 Å². The van der Waals surface area contributed by atoms with E-state index < -0.39 is 21.7 Å². The first-order chi connectivity index (χ1) is 12.5. The molecule has 27 heavy (non-hydrogen) atoms. The lowest BCUT2D eigenvalue weighted by atomic mass is 10.1. The number of rotatable bonds is 6. The summed E-state index contributed by atoms with van der Waals surface area (Å²) in [7, 11) is -3.67. The van der Waals surface area contributed by atoms with Crippen LogP contribution in [0.1, 0.15) is 26.3 Å². The van der Waals surface area contributed by atoms with Gasteiger partial charge < -0.3 is 10.1 Å². The van der Waals surface area contributed by atoms with Gasteiger partial charge in [0.15, 0.2) is 0 Å². The number of nitrogens with zero attached hydrogens (tertiary/aromatic N) is 1. The molecule has 4 N–H and O–H groups in total. The predicted molar refractivity (Wildman–Crippen MR) is 104 cm³/mol. The lowest BCUT2D eigenvalue weighted by Crippen LogP contribution is -2.27. The molecule has 1 heterocycles. The van der Waals surface area contributed by atoms with Gasteiger partial charge in [-0.25, -0.2) is 23.3 Å². The highest BCUT2D eigenvalue weighted by molar-refractivity contribution is 7.89. The minimum atomic E-state index is -3.67. The fraction of sp³-hybridized carbons (Fsp3) is 0.333. The second-order valence-corrected chi connectivity index (χ2v) is 8.49. The van der Waals surface area contributed by atoms with E-state index in [1.165, 1.54) is 12.1 Å². The summed E-state index contributed by atoms with van der Waals surface area (Å²) in [4.78, 5) is 15.9. The molecule has 0 fully saturated rings. The number of hydrogen-bond acceptors (Lipinski definition) is 6. The van der Waals surface area contributed by atoms with Crippen LogP contribution >= 0.6 is 0 Å². The highest BCUT2D eigenvalue weighted by Crippen LogP contribution is 2.13. The van der Waals surface area contributed by atoms with E-state index in [9.17, 15) is 13.2 Å². The molecule has 2 aromatic rings. The predicted octanol–water partition coefficient (Wildman–Crippen LogP) is 2.73. The van der Waals surface area contributed by atoms with E-state index >= 15 is 0 Å². The van der Waals surface area contributed by atoms with Gasteiger partial charge in [-0.15, -0.1) is 0 Å². The van der Waals surface area contributed by atoms with Gasteiger partial charge in [-0.05, 0) is 57.0 Å². The molecule has 146 valence electrons. The van der Waals surface area contributed by atoms with E-state index in [4.69, 9.17) is 9.88 Å². The molecule has 0 radical (unpaired) electrons. The zero-order valence-electron chi connectivity index (χ0n) is 15.5. The van der Waals surface area contributed by atoms with Crippen LogP contribution in [0.2, 0.25) is 0 Å². The Morgan fingerprint density at radius 2 is 1.81 bits per heavy atom. The van der Waals surface area contributed by atoms with Gasteiger partial charge in [-0.3, -0.25) is 5.32 Å². The van der Waals surface area contributed by atoms with E-state index in [2.05, 4.69) is 15.6 Å². The molecule has 0 aliphatic carbocycles. The third-order valence-electron chi connectivity index (χ3n) is 3.39. The molecule has 0 atom stereocenters. The number of ether oxygens (including phenoxy) is 1. The number of nitrogens with two attached hydrogens (primary N) is 1. The molecule has 1 aromatic heterocycles. The Kier molecular flexibility index (Phi) is 6.40. The van der Waals surface area contributed by atoms with Crippen LogP contribution in [0.25, 0.3) is 0 Å². The van der Waals surface area contributed by atoms with Gasteiger partial charge in [0.05, 0.1) is 16.8 Å². The Balaban J connectivity index is 1.82. The summed E-state index contributed by atoms with van der Waals surface area (Å²) in [6.45, 7) is 6.00. The fourth-order valence-electron chi connectivity index (χ4n) is 2.18. The number of pyridine rings is 1. The number of aromatic nitrogens is 1. The maximum Gasteiger partial charge on any atom is 0.413 e. The number of primary sulfonamides is 1. The van der Waals surface area contributed by atoms with Crippen LogP contribution in [-0.4, -0.2) is 31.6 Å². The molecule has 0 saturated carbocycles. The topological polar surface area (TPSA) is 123 Å². The van der Waals surface area contributed by atoms with Crippen molar-refractivity contribution in [3.8, 4) is 0 Å². The first kappa shape index (κ1) is 20.7. The molecule has 8 nitrogen and oxygen atoms in total. The third kappa shape index (κ3) is 7.24. The minimum Gasteiger partial charge on any atom is -0.444 e. The lowest BCUT2D eigenvalue weighted by molar-refractivity contribution is 0.0635. The van der Waals surface area contributed by atoms with E-state index in [1.807, 2.05) is 0 Å². The van der Waals surface area contributed by atoms with Gasteiger partial charge in [0, 0.05) is 6.54 Å². The first-order valence-electron chi connectivity index (χ1n) is 8.35. The molecule has 0 saturated heterocycles. The molecule has 0 aliphatic rings. The molecular formula is C18H24N4O4S. The Morgan fingerprint density at radius 1 is 1.15 bits per heavy atom. The highest BCUT2D eigenvalue weighted by Gasteiger charge is 2.16. The molecule has 0 bridgehead atoms. The van der Waals surface area contributed by atoms with Gasteiger partial charge in [-0.2, -0.15) is 0 Å². The minimum absolute atomic E-state index is 0.0940. The standard InChI is InChI=1S/C18H24N4O4S/c1-18(2,3)26-17(23)22-16-9-6-14(12-21-16)20-11-10-13-4-7-15(8-5-13)27(19,24)25/h4-9,12,20H,10-11H2,1-3H3,(H2,19,24,25)(H,21,22,23). The number of amides is 1. The molecule has 2 rings (SSSR count). The fourth-order valence-corrected chi connectivity index (χ4v) is 2.69. The summed E-state index contributed by atoms with van der Waals surface area (Å²) in [5, 5.41) is 10.8. The number of carbonyl (C=O) groups is 1. The van der Waals surface area contributed by atoms with Crippen LogP contribution in [0.3, 0.4) is 0 Å². The average molecular weight is 392 g/mol. The van der Waals surface area contributed by atoms with Crippen molar-refractivity contribution in [2.45, 2.75) is 37.7 Å². The van der Waals surface area contributed by atoms with Gasteiger partial charge in [0.25, 0.3) is 0 Å². The monoisotopic (exact) mass is 392 g/mol. The summed E-state index contributed by atoms with van der Waals surface area (Å²) >= 11 is 0. The van der Waals surface area contributed by atoms with Gasteiger partial charge in [0.1, 0.15) is 11.4 Å². The quantitative estimate of drug-likeness (QED) is 0.694. The van der Waals surface area contributed by atoms with Gasteiger partial charge >= 0.3 is 6.09 Å². The molecular weight excluding hydrogens is 368 g/mol. The number of sulfonamides is 1. The molecule has 1 aromatic carbocycles. The summed E-state index contributed by atoms with van der Waals surface area (Å²) in [6, 6.07) is 9.91. The summed E-state index contributed by atoms with van der Waals surface area (Å²) in [6.07, 6.45) is 1.75. The zero-order chi connectivity index (χ0) is 20.1. The van der Waals surface area contributed by atoms with Gasteiger partial charge in [0.2, 0.25) is 10.0 Å².